The van der Waals surface area contributed by atoms with Crippen LogP contribution >= 0.6 is 11.6 Å². The van der Waals surface area contributed by atoms with Crippen molar-refractivity contribution in [2.45, 2.75) is 25.8 Å². The Morgan fingerprint density at radius 2 is 1.97 bits per heavy atom. The highest BCUT2D eigenvalue weighted by molar-refractivity contribution is 6.30. The lowest BCUT2D eigenvalue weighted by atomic mass is 9.86. The van der Waals surface area contributed by atoms with Crippen molar-refractivity contribution in [3.05, 3.63) is 76.6 Å². The van der Waals surface area contributed by atoms with Crippen molar-refractivity contribution in [3.63, 3.8) is 0 Å². The van der Waals surface area contributed by atoms with Crippen LogP contribution in [0.15, 0.2) is 48.7 Å². The number of amides is 1. The molecular formula is C22H20ClF2N3O2. The van der Waals surface area contributed by atoms with Crippen LogP contribution in [-0.2, 0) is 6.54 Å². The van der Waals surface area contributed by atoms with Crippen LogP contribution in [0.4, 0.5) is 14.5 Å². The van der Waals surface area contributed by atoms with Crippen LogP contribution in [0.1, 0.15) is 35.3 Å². The minimum absolute atomic E-state index is 0.0385. The quantitative estimate of drug-likeness (QED) is 0.552. The van der Waals surface area contributed by atoms with Gasteiger partial charge in [0.15, 0.2) is 5.69 Å². The fourth-order valence-corrected chi connectivity index (χ4v) is 3.41. The van der Waals surface area contributed by atoms with Gasteiger partial charge in [-0.3, -0.25) is 9.48 Å². The molecule has 1 fully saturated rings. The fourth-order valence-electron chi connectivity index (χ4n) is 3.22. The molecular weight excluding hydrogens is 412 g/mol. The number of carbonyl (C=O) groups excluding carboxylic acids is 1. The topological polar surface area (TPSA) is 56.2 Å². The first kappa shape index (κ1) is 20.3. The summed E-state index contributed by atoms with van der Waals surface area (Å²) >= 11 is 6.14. The molecule has 0 aliphatic heterocycles. The van der Waals surface area contributed by atoms with E-state index in [1.54, 1.807) is 23.0 Å². The molecule has 1 aliphatic carbocycles. The number of para-hydroxylation sites is 1. The first-order valence-electron chi connectivity index (χ1n) is 9.69. The van der Waals surface area contributed by atoms with E-state index in [-0.39, 0.29) is 5.69 Å². The van der Waals surface area contributed by atoms with Gasteiger partial charge < -0.3 is 10.1 Å². The zero-order valence-corrected chi connectivity index (χ0v) is 16.8. The van der Waals surface area contributed by atoms with Gasteiger partial charge in [0.25, 0.3) is 5.91 Å². The molecule has 30 heavy (non-hydrogen) atoms. The molecule has 5 nitrogen and oxygen atoms in total. The smallest absolute Gasteiger partial charge is 0.276 e. The second-order valence-electron chi connectivity index (χ2n) is 7.31. The summed E-state index contributed by atoms with van der Waals surface area (Å²) in [6.07, 6.45) is 5.23. The average molecular weight is 432 g/mol. The van der Waals surface area contributed by atoms with Crippen LogP contribution in [0.3, 0.4) is 0 Å². The Kier molecular flexibility index (Phi) is 5.99. The molecule has 1 saturated carbocycles. The highest BCUT2D eigenvalue weighted by Crippen LogP contribution is 2.29. The monoisotopic (exact) mass is 431 g/mol. The van der Waals surface area contributed by atoms with Gasteiger partial charge in [-0.05, 0) is 55.2 Å². The second-order valence-corrected chi connectivity index (χ2v) is 7.75. The maximum absolute atomic E-state index is 13.8. The summed E-state index contributed by atoms with van der Waals surface area (Å²) in [4.78, 5) is 12.4. The minimum atomic E-state index is -0.852. The summed E-state index contributed by atoms with van der Waals surface area (Å²) in [5.74, 6) is -1.09. The zero-order valence-electron chi connectivity index (χ0n) is 16.1. The number of carbonyl (C=O) groups is 1. The van der Waals surface area contributed by atoms with E-state index >= 15 is 0 Å². The fraction of sp³-hybridized carbons (Fsp3) is 0.273. The molecule has 156 valence electrons. The van der Waals surface area contributed by atoms with Crippen LogP contribution in [0.25, 0.3) is 0 Å². The number of anilines is 1. The molecule has 0 unspecified atom stereocenters. The van der Waals surface area contributed by atoms with Crippen molar-refractivity contribution >= 4 is 23.2 Å². The minimum Gasteiger partial charge on any atom is -0.493 e. The van der Waals surface area contributed by atoms with Crippen LogP contribution in [0.5, 0.6) is 5.75 Å². The summed E-state index contributed by atoms with van der Waals surface area (Å²) < 4.78 is 35.0. The molecule has 3 aromatic rings. The van der Waals surface area contributed by atoms with Crippen molar-refractivity contribution in [1.29, 1.82) is 0 Å². The van der Waals surface area contributed by atoms with Gasteiger partial charge in [-0.25, -0.2) is 8.78 Å². The SMILES string of the molecule is O=C(Nc1c(F)cccc1F)c1ccn(Cc2cc(Cl)ccc2OCC2CCC2)n1. The van der Waals surface area contributed by atoms with Crippen molar-refractivity contribution in [1.82, 2.24) is 9.78 Å². The Morgan fingerprint density at radius 3 is 2.67 bits per heavy atom. The van der Waals surface area contributed by atoms with Gasteiger partial charge in [-0.1, -0.05) is 24.1 Å². The first-order chi connectivity index (χ1) is 14.5. The van der Waals surface area contributed by atoms with E-state index in [0.717, 1.165) is 23.4 Å². The largest absolute Gasteiger partial charge is 0.493 e. The summed E-state index contributed by atoms with van der Waals surface area (Å²) in [7, 11) is 0. The Hall–Kier alpha value is -2.93. The van der Waals surface area contributed by atoms with E-state index in [1.165, 1.54) is 31.4 Å². The maximum Gasteiger partial charge on any atom is 0.276 e. The highest BCUT2D eigenvalue weighted by Gasteiger charge is 2.19. The van der Waals surface area contributed by atoms with E-state index in [2.05, 4.69) is 10.4 Å². The number of nitrogens with zero attached hydrogens (tertiary/aromatic N) is 2. The molecule has 1 amide bonds. The number of halogens is 3. The molecule has 1 aliphatic rings. The molecule has 0 atom stereocenters. The maximum atomic E-state index is 13.8. The van der Waals surface area contributed by atoms with E-state index in [0.29, 0.717) is 24.1 Å². The highest BCUT2D eigenvalue weighted by atomic mass is 35.5. The molecule has 4 rings (SSSR count). The Bertz CT molecular complexity index is 1050. The first-order valence-corrected chi connectivity index (χ1v) is 10.1. The average Bonchev–Trinajstić information content (AvgIpc) is 3.14. The Morgan fingerprint density at radius 1 is 1.20 bits per heavy atom. The van der Waals surface area contributed by atoms with Crippen molar-refractivity contribution < 1.29 is 18.3 Å². The molecule has 2 aromatic carbocycles. The van der Waals surface area contributed by atoms with Crippen molar-refractivity contribution in [2.75, 3.05) is 11.9 Å². The lowest BCUT2D eigenvalue weighted by molar-refractivity contribution is 0.102. The van der Waals surface area contributed by atoms with Gasteiger partial charge in [-0.15, -0.1) is 0 Å². The van der Waals surface area contributed by atoms with Gasteiger partial charge >= 0.3 is 0 Å². The molecule has 0 radical (unpaired) electrons. The van der Waals surface area contributed by atoms with E-state index < -0.39 is 23.2 Å². The number of aromatic nitrogens is 2. The van der Waals surface area contributed by atoms with Gasteiger partial charge in [0.05, 0.1) is 13.2 Å². The number of hydrogen-bond acceptors (Lipinski definition) is 3. The number of ether oxygens (including phenoxy) is 1. The Labute approximate surface area is 177 Å². The summed E-state index contributed by atoms with van der Waals surface area (Å²) in [5, 5.41) is 7.01. The van der Waals surface area contributed by atoms with Gasteiger partial charge in [0.1, 0.15) is 23.1 Å². The molecule has 1 heterocycles. The molecule has 1 N–H and O–H groups in total. The second kappa shape index (κ2) is 8.83. The van der Waals surface area contributed by atoms with Crippen molar-refractivity contribution in [2.24, 2.45) is 5.92 Å². The van der Waals surface area contributed by atoms with Crippen LogP contribution in [-0.4, -0.2) is 22.3 Å². The zero-order chi connectivity index (χ0) is 21.1. The van der Waals surface area contributed by atoms with Crippen LogP contribution < -0.4 is 10.1 Å². The van der Waals surface area contributed by atoms with Gasteiger partial charge in [0.2, 0.25) is 0 Å². The molecule has 0 saturated heterocycles. The standard InChI is InChI=1S/C22H20ClF2N3O2/c23-16-7-8-20(30-13-14-3-1-4-14)15(11-16)12-28-10-9-19(27-28)22(29)26-21-17(24)5-2-6-18(21)25/h2,5-11,14H,1,3-4,12-13H2,(H,26,29). The predicted octanol–water partition coefficient (Wildman–Crippen LogP) is 5.29. The number of hydrogen-bond donors (Lipinski definition) is 1. The molecule has 0 spiro atoms. The predicted molar refractivity (Wildman–Crippen MR) is 110 cm³/mol. The summed E-state index contributed by atoms with van der Waals surface area (Å²) in [6, 6.07) is 10.2. The number of rotatable bonds is 7. The van der Waals surface area contributed by atoms with Crippen molar-refractivity contribution in [3.8, 4) is 5.75 Å². The normalized spacial score (nSPS) is 13.7. The van der Waals surface area contributed by atoms with E-state index in [9.17, 15) is 13.6 Å². The third kappa shape index (κ3) is 4.62. The molecule has 8 heteroatoms. The van der Waals surface area contributed by atoms with Gasteiger partial charge in [0, 0.05) is 16.8 Å². The van der Waals surface area contributed by atoms with Crippen LogP contribution in [0.2, 0.25) is 5.02 Å². The lowest BCUT2D eigenvalue weighted by Crippen LogP contribution is -2.20. The molecule has 1 aromatic heterocycles. The number of benzene rings is 2. The third-order valence-electron chi connectivity index (χ3n) is 5.13. The van der Waals surface area contributed by atoms with E-state index in [4.69, 9.17) is 16.3 Å². The van der Waals surface area contributed by atoms with Crippen LogP contribution in [0, 0.1) is 17.6 Å². The number of nitrogens with one attached hydrogen (secondary N) is 1. The summed E-state index contributed by atoms with van der Waals surface area (Å²) in [5.41, 5.74) is 0.368. The van der Waals surface area contributed by atoms with E-state index in [1.807, 2.05) is 6.07 Å². The summed E-state index contributed by atoms with van der Waals surface area (Å²) in [6.45, 7) is 0.998. The molecule has 0 bridgehead atoms. The Balaban J connectivity index is 1.46. The lowest BCUT2D eigenvalue weighted by Gasteiger charge is -2.25. The van der Waals surface area contributed by atoms with Gasteiger partial charge in [-0.2, -0.15) is 5.10 Å². The third-order valence-corrected chi connectivity index (χ3v) is 5.36.